The van der Waals surface area contributed by atoms with Gasteiger partial charge >= 0.3 is 0 Å². The first kappa shape index (κ1) is 15.8. The predicted molar refractivity (Wildman–Crippen MR) is 92.3 cm³/mol. The lowest BCUT2D eigenvalue weighted by Crippen LogP contribution is -2.31. The molecule has 1 amide bonds. The van der Waals surface area contributed by atoms with Gasteiger partial charge in [-0.15, -0.1) is 6.58 Å². The molecule has 118 valence electrons. The van der Waals surface area contributed by atoms with Crippen LogP contribution in [-0.4, -0.2) is 21.6 Å². The number of carbonyl (C=O) groups is 1. The number of aromatic nitrogens is 2. The summed E-state index contributed by atoms with van der Waals surface area (Å²) in [6, 6.07) is 7.16. The van der Waals surface area contributed by atoms with Crippen molar-refractivity contribution in [1.82, 2.24) is 9.97 Å². The van der Waals surface area contributed by atoms with Gasteiger partial charge in [-0.2, -0.15) is 0 Å². The number of nitrogens with zero attached hydrogens (tertiary/aromatic N) is 1. The molecule has 1 aromatic heterocycles. The van der Waals surface area contributed by atoms with Gasteiger partial charge in [-0.05, 0) is 17.7 Å². The zero-order valence-electron chi connectivity index (χ0n) is 12.1. The molecule has 1 atom stereocenters. The van der Waals surface area contributed by atoms with Crippen LogP contribution < -0.4 is 10.9 Å². The number of H-pyrrole nitrogens is 1. The fourth-order valence-electron chi connectivity index (χ4n) is 2.54. The Bertz CT molecular complexity index is 817. The molecule has 0 bridgehead atoms. The van der Waals surface area contributed by atoms with Gasteiger partial charge in [-0.25, -0.2) is 4.98 Å². The standard InChI is InChI=1S/C16H14ClN3O2S/c1-2-7-23-16-19-14-13(15(22)20-16)11(8-12(21)18-14)9-3-5-10(17)6-4-9/h2-6,11H,1,7-8H2,(H2,18,19,20,21,22)/t11-/m0/s1. The van der Waals surface area contributed by atoms with Crippen molar-refractivity contribution in [3.8, 4) is 0 Å². The minimum atomic E-state index is -0.328. The van der Waals surface area contributed by atoms with Gasteiger partial charge in [0.15, 0.2) is 5.16 Å². The van der Waals surface area contributed by atoms with E-state index in [-0.39, 0.29) is 23.8 Å². The van der Waals surface area contributed by atoms with Crippen LogP contribution in [0.25, 0.3) is 0 Å². The second kappa shape index (κ2) is 6.60. The van der Waals surface area contributed by atoms with Crippen molar-refractivity contribution in [2.75, 3.05) is 11.1 Å². The molecule has 0 saturated heterocycles. The first-order valence-electron chi connectivity index (χ1n) is 7.01. The topological polar surface area (TPSA) is 74.8 Å². The van der Waals surface area contributed by atoms with Gasteiger partial charge in [0.1, 0.15) is 5.82 Å². The summed E-state index contributed by atoms with van der Waals surface area (Å²) in [6.45, 7) is 3.64. The Morgan fingerprint density at radius 2 is 2.09 bits per heavy atom. The van der Waals surface area contributed by atoms with E-state index in [1.807, 2.05) is 12.1 Å². The maximum Gasteiger partial charge on any atom is 0.257 e. The quantitative estimate of drug-likeness (QED) is 0.506. The summed E-state index contributed by atoms with van der Waals surface area (Å²) >= 11 is 7.26. The molecule has 3 rings (SSSR count). The van der Waals surface area contributed by atoms with Crippen LogP contribution in [-0.2, 0) is 4.79 Å². The van der Waals surface area contributed by atoms with Crippen LogP contribution >= 0.6 is 23.4 Å². The molecule has 1 aliphatic rings. The molecule has 0 aliphatic carbocycles. The lowest BCUT2D eigenvalue weighted by atomic mass is 9.87. The number of nitrogens with one attached hydrogen (secondary N) is 2. The van der Waals surface area contributed by atoms with Crippen LogP contribution in [0.5, 0.6) is 0 Å². The van der Waals surface area contributed by atoms with Crippen molar-refractivity contribution >= 4 is 35.1 Å². The van der Waals surface area contributed by atoms with E-state index in [4.69, 9.17) is 11.6 Å². The number of aromatic amines is 1. The van der Waals surface area contributed by atoms with E-state index in [0.717, 1.165) is 5.56 Å². The number of carbonyl (C=O) groups excluding carboxylic acids is 1. The Hall–Kier alpha value is -2.05. The largest absolute Gasteiger partial charge is 0.310 e. The normalized spacial score (nSPS) is 16.6. The van der Waals surface area contributed by atoms with E-state index in [0.29, 0.717) is 27.3 Å². The molecule has 7 heteroatoms. The molecule has 23 heavy (non-hydrogen) atoms. The van der Waals surface area contributed by atoms with Crippen molar-refractivity contribution in [3.63, 3.8) is 0 Å². The van der Waals surface area contributed by atoms with Gasteiger partial charge < -0.3 is 10.3 Å². The molecule has 2 aromatic rings. The molecule has 0 fully saturated rings. The molecule has 2 heterocycles. The van der Waals surface area contributed by atoms with Crippen molar-refractivity contribution in [2.24, 2.45) is 0 Å². The van der Waals surface area contributed by atoms with E-state index in [1.54, 1.807) is 18.2 Å². The van der Waals surface area contributed by atoms with Gasteiger partial charge in [0, 0.05) is 23.1 Å². The minimum Gasteiger partial charge on any atom is -0.310 e. The highest BCUT2D eigenvalue weighted by molar-refractivity contribution is 7.99. The highest BCUT2D eigenvalue weighted by Gasteiger charge is 2.30. The molecule has 0 spiro atoms. The average Bonchev–Trinajstić information content (AvgIpc) is 2.52. The number of fused-ring (bicyclic) bond motifs is 1. The summed E-state index contributed by atoms with van der Waals surface area (Å²) in [5.41, 5.74) is 1.11. The van der Waals surface area contributed by atoms with Gasteiger partial charge in [0.25, 0.3) is 5.56 Å². The smallest absolute Gasteiger partial charge is 0.257 e. The van der Waals surface area contributed by atoms with E-state index < -0.39 is 0 Å². The van der Waals surface area contributed by atoms with Gasteiger partial charge in [0.05, 0.1) is 5.56 Å². The number of halogens is 1. The van der Waals surface area contributed by atoms with E-state index in [2.05, 4.69) is 21.9 Å². The molecule has 2 N–H and O–H groups in total. The molecule has 1 aliphatic heterocycles. The van der Waals surface area contributed by atoms with Gasteiger partial charge in [0.2, 0.25) is 5.91 Å². The van der Waals surface area contributed by atoms with E-state index in [9.17, 15) is 9.59 Å². The van der Waals surface area contributed by atoms with Crippen LogP contribution in [0.3, 0.4) is 0 Å². The monoisotopic (exact) mass is 347 g/mol. The number of rotatable bonds is 4. The first-order valence-corrected chi connectivity index (χ1v) is 8.38. The number of amides is 1. The Labute approximate surface area is 142 Å². The van der Waals surface area contributed by atoms with E-state index >= 15 is 0 Å². The maximum absolute atomic E-state index is 12.5. The Kier molecular flexibility index (Phi) is 4.54. The Morgan fingerprint density at radius 1 is 1.35 bits per heavy atom. The third-order valence-electron chi connectivity index (χ3n) is 3.54. The molecule has 1 aromatic carbocycles. The summed E-state index contributed by atoms with van der Waals surface area (Å²) in [6.07, 6.45) is 1.93. The van der Waals surface area contributed by atoms with Crippen LogP contribution in [0, 0.1) is 0 Å². The predicted octanol–water partition coefficient (Wildman–Crippen LogP) is 3.18. The zero-order chi connectivity index (χ0) is 16.4. The third kappa shape index (κ3) is 3.33. The summed E-state index contributed by atoms with van der Waals surface area (Å²) < 4.78 is 0. The molecule has 0 unspecified atom stereocenters. The Morgan fingerprint density at radius 3 is 2.78 bits per heavy atom. The average molecular weight is 348 g/mol. The number of hydrogen-bond donors (Lipinski definition) is 2. The van der Waals surface area contributed by atoms with Crippen molar-refractivity contribution < 1.29 is 4.79 Å². The highest BCUT2D eigenvalue weighted by atomic mass is 35.5. The SMILES string of the molecule is C=CCSc1nc2c(c(=O)[nH]1)[C@H](c1ccc(Cl)cc1)CC(=O)N2. The van der Waals surface area contributed by atoms with Crippen molar-refractivity contribution in [3.05, 3.63) is 63.4 Å². The summed E-state index contributed by atoms with van der Waals surface area (Å²) in [4.78, 5) is 31.6. The molecule has 0 radical (unpaired) electrons. The second-order valence-electron chi connectivity index (χ2n) is 5.09. The third-order valence-corrected chi connectivity index (χ3v) is 4.66. The van der Waals surface area contributed by atoms with Crippen LogP contribution in [0.2, 0.25) is 5.02 Å². The van der Waals surface area contributed by atoms with Gasteiger partial charge in [-0.3, -0.25) is 9.59 Å². The summed E-state index contributed by atoms with van der Waals surface area (Å²) in [5.74, 6) is 0.466. The van der Waals surface area contributed by atoms with Crippen molar-refractivity contribution in [1.29, 1.82) is 0 Å². The highest BCUT2D eigenvalue weighted by Crippen LogP contribution is 2.34. The number of hydrogen-bond acceptors (Lipinski definition) is 4. The second-order valence-corrected chi connectivity index (χ2v) is 6.53. The maximum atomic E-state index is 12.5. The molecule has 5 nitrogen and oxygen atoms in total. The lowest BCUT2D eigenvalue weighted by Gasteiger charge is -2.24. The van der Waals surface area contributed by atoms with Crippen LogP contribution in [0.1, 0.15) is 23.5 Å². The molecular weight excluding hydrogens is 334 g/mol. The Balaban J connectivity index is 2.06. The molecular formula is C16H14ClN3O2S. The number of anilines is 1. The summed E-state index contributed by atoms with van der Waals surface area (Å²) in [7, 11) is 0. The van der Waals surface area contributed by atoms with Crippen LogP contribution in [0.4, 0.5) is 5.82 Å². The first-order chi connectivity index (χ1) is 11.1. The van der Waals surface area contributed by atoms with Gasteiger partial charge in [-0.1, -0.05) is 41.6 Å². The number of thioether (sulfide) groups is 1. The fraction of sp³-hybridized carbons (Fsp3) is 0.188. The lowest BCUT2D eigenvalue weighted by molar-refractivity contribution is -0.116. The summed E-state index contributed by atoms with van der Waals surface area (Å²) in [5, 5.41) is 3.77. The van der Waals surface area contributed by atoms with Crippen molar-refractivity contribution in [2.45, 2.75) is 17.5 Å². The minimum absolute atomic E-state index is 0.157. The van der Waals surface area contributed by atoms with E-state index in [1.165, 1.54) is 11.8 Å². The fourth-order valence-corrected chi connectivity index (χ4v) is 3.26. The number of benzene rings is 1. The van der Waals surface area contributed by atoms with Crippen LogP contribution in [0.15, 0.2) is 46.9 Å². The molecule has 0 saturated carbocycles. The zero-order valence-corrected chi connectivity index (χ0v) is 13.7.